The number of benzene rings is 1. The molecule has 2 unspecified atom stereocenters. The van der Waals surface area contributed by atoms with Gasteiger partial charge in [-0.15, -0.1) is 0 Å². The maximum absolute atomic E-state index is 10.8. The number of aliphatic hydroxyl groups is 1. The van der Waals surface area contributed by atoms with Crippen LogP contribution in [0.2, 0.25) is 0 Å². The lowest BCUT2D eigenvalue weighted by molar-refractivity contribution is -0.0763. The molecule has 0 heterocycles. The van der Waals surface area contributed by atoms with E-state index in [4.69, 9.17) is 0 Å². The van der Waals surface area contributed by atoms with Gasteiger partial charge in [0.2, 0.25) is 0 Å². The summed E-state index contributed by atoms with van der Waals surface area (Å²) in [5.41, 5.74) is 1.28. The van der Waals surface area contributed by atoms with Gasteiger partial charge in [-0.3, -0.25) is 0 Å². The van der Waals surface area contributed by atoms with Gasteiger partial charge in [0.05, 0.1) is 5.60 Å². The van der Waals surface area contributed by atoms with E-state index in [1.807, 2.05) is 6.07 Å². The first kappa shape index (κ1) is 13.6. The van der Waals surface area contributed by atoms with Crippen molar-refractivity contribution in [1.29, 1.82) is 0 Å². The van der Waals surface area contributed by atoms with Crippen molar-refractivity contribution in [1.82, 2.24) is 0 Å². The van der Waals surface area contributed by atoms with E-state index in [0.29, 0.717) is 11.3 Å². The molecule has 100 valence electrons. The average Bonchev–Trinajstić information content (AvgIpc) is 2.33. The first-order valence-electron chi connectivity index (χ1n) is 7.18. The third-order valence-corrected chi connectivity index (χ3v) is 4.70. The van der Waals surface area contributed by atoms with E-state index in [-0.39, 0.29) is 0 Å². The normalized spacial score (nSPS) is 31.2. The average molecular weight is 246 g/mol. The summed E-state index contributed by atoms with van der Waals surface area (Å²) in [4.78, 5) is 0. The molecule has 1 aliphatic carbocycles. The second-order valence-corrected chi connectivity index (χ2v) is 6.86. The van der Waals surface area contributed by atoms with E-state index < -0.39 is 5.60 Å². The van der Waals surface area contributed by atoms with Crippen LogP contribution in [0.25, 0.3) is 0 Å². The van der Waals surface area contributed by atoms with Crippen molar-refractivity contribution < 1.29 is 5.11 Å². The topological polar surface area (TPSA) is 20.2 Å². The summed E-state index contributed by atoms with van der Waals surface area (Å²) < 4.78 is 0. The second-order valence-electron chi connectivity index (χ2n) is 6.86. The van der Waals surface area contributed by atoms with Crippen LogP contribution in [0.3, 0.4) is 0 Å². The lowest BCUT2D eigenvalue weighted by atomic mass is 9.64. The fourth-order valence-corrected chi connectivity index (χ4v) is 3.30. The number of rotatable bonds is 3. The standard InChI is InChI=1S/C17H26O/c1-14-13-16(2,3)11-12-17(14,18)10-9-15-7-5-4-6-8-15/h4-8,14,18H,9-13H2,1-3H3. The lowest BCUT2D eigenvalue weighted by Crippen LogP contribution is -2.44. The Morgan fingerprint density at radius 3 is 2.44 bits per heavy atom. The Labute approximate surface area is 111 Å². The molecule has 1 aromatic rings. The summed E-state index contributed by atoms with van der Waals surface area (Å²) >= 11 is 0. The Hall–Kier alpha value is -0.820. The molecule has 1 heteroatoms. The first-order valence-corrected chi connectivity index (χ1v) is 7.18. The Balaban J connectivity index is 1.96. The van der Waals surface area contributed by atoms with Gasteiger partial charge in [-0.25, -0.2) is 0 Å². The minimum absolute atomic E-state index is 0.401. The van der Waals surface area contributed by atoms with Crippen molar-refractivity contribution in [2.45, 2.75) is 58.5 Å². The van der Waals surface area contributed by atoms with Gasteiger partial charge in [-0.1, -0.05) is 51.1 Å². The molecule has 1 saturated carbocycles. The molecule has 1 nitrogen and oxygen atoms in total. The van der Waals surface area contributed by atoms with E-state index in [2.05, 4.69) is 45.0 Å². The van der Waals surface area contributed by atoms with Gasteiger partial charge in [0, 0.05) is 0 Å². The zero-order valence-electron chi connectivity index (χ0n) is 11.9. The zero-order chi connectivity index (χ0) is 13.2. The zero-order valence-corrected chi connectivity index (χ0v) is 11.9. The smallest absolute Gasteiger partial charge is 0.0676 e. The Morgan fingerprint density at radius 2 is 1.83 bits per heavy atom. The highest BCUT2D eigenvalue weighted by Crippen LogP contribution is 2.45. The van der Waals surface area contributed by atoms with Crippen LogP contribution in [0.5, 0.6) is 0 Å². The summed E-state index contributed by atoms with van der Waals surface area (Å²) in [7, 11) is 0. The largest absolute Gasteiger partial charge is 0.390 e. The van der Waals surface area contributed by atoms with Gasteiger partial charge in [0.15, 0.2) is 0 Å². The van der Waals surface area contributed by atoms with E-state index >= 15 is 0 Å². The molecule has 0 saturated heterocycles. The van der Waals surface area contributed by atoms with Gasteiger partial charge >= 0.3 is 0 Å². The number of hydrogen-bond donors (Lipinski definition) is 1. The highest BCUT2D eigenvalue weighted by atomic mass is 16.3. The summed E-state index contributed by atoms with van der Waals surface area (Å²) in [5.74, 6) is 0.407. The molecule has 0 aromatic heterocycles. The quantitative estimate of drug-likeness (QED) is 0.847. The minimum atomic E-state index is -0.453. The highest BCUT2D eigenvalue weighted by molar-refractivity contribution is 5.15. The van der Waals surface area contributed by atoms with Crippen molar-refractivity contribution in [2.75, 3.05) is 0 Å². The molecule has 2 atom stereocenters. The van der Waals surface area contributed by atoms with Crippen LogP contribution < -0.4 is 0 Å². The van der Waals surface area contributed by atoms with E-state index in [0.717, 1.165) is 32.1 Å². The second kappa shape index (κ2) is 5.05. The van der Waals surface area contributed by atoms with E-state index in [1.54, 1.807) is 0 Å². The van der Waals surface area contributed by atoms with Crippen molar-refractivity contribution in [3.05, 3.63) is 35.9 Å². The molecular weight excluding hydrogens is 220 g/mol. The molecule has 0 spiro atoms. The molecular formula is C17H26O. The summed E-state index contributed by atoms with van der Waals surface area (Å²) in [6.07, 6.45) is 5.12. The van der Waals surface area contributed by atoms with Crippen LogP contribution in [0.15, 0.2) is 30.3 Å². The van der Waals surface area contributed by atoms with Gasteiger partial charge in [0.1, 0.15) is 0 Å². The van der Waals surface area contributed by atoms with Crippen molar-refractivity contribution in [3.63, 3.8) is 0 Å². The van der Waals surface area contributed by atoms with Crippen LogP contribution in [-0.2, 0) is 6.42 Å². The molecule has 1 aromatic carbocycles. The lowest BCUT2D eigenvalue weighted by Gasteiger charge is -2.45. The highest BCUT2D eigenvalue weighted by Gasteiger charge is 2.41. The molecule has 18 heavy (non-hydrogen) atoms. The van der Waals surface area contributed by atoms with E-state index in [1.165, 1.54) is 5.56 Å². The molecule has 1 N–H and O–H groups in total. The van der Waals surface area contributed by atoms with Crippen LogP contribution in [0, 0.1) is 11.3 Å². The van der Waals surface area contributed by atoms with Crippen molar-refractivity contribution >= 4 is 0 Å². The van der Waals surface area contributed by atoms with Crippen LogP contribution in [0.4, 0.5) is 0 Å². The van der Waals surface area contributed by atoms with Gasteiger partial charge in [0.25, 0.3) is 0 Å². The fraction of sp³-hybridized carbons (Fsp3) is 0.647. The van der Waals surface area contributed by atoms with Crippen LogP contribution in [0.1, 0.15) is 52.0 Å². The van der Waals surface area contributed by atoms with E-state index in [9.17, 15) is 5.11 Å². The first-order chi connectivity index (χ1) is 8.41. The Kier molecular flexibility index (Phi) is 3.82. The Bertz CT molecular complexity index is 382. The molecule has 1 aliphatic rings. The van der Waals surface area contributed by atoms with Crippen LogP contribution >= 0.6 is 0 Å². The minimum Gasteiger partial charge on any atom is -0.390 e. The van der Waals surface area contributed by atoms with Crippen molar-refractivity contribution in [3.8, 4) is 0 Å². The van der Waals surface area contributed by atoms with Gasteiger partial charge < -0.3 is 5.11 Å². The third kappa shape index (κ3) is 3.14. The predicted octanol–water partition coefficient (Wildman–Crippen LogP) is 4.20. The molecule has 0 radical (unpaired) electrons. The maximum Gasteiger partial charge on any atom is 0.0676 e. The number of hydrogen-bond acceptors (Lipinski definition) is 1. The summed E-state index contributed by atoms with van der Waals surface area (Å²) in [5, 5.41) is 10.8. The third-order valence-electron chi connectivity index (χ3n) is 4.70. The molecule has 0 aliphatic heterocycles. The molecule has 1 fully saturated rings. The molecule has 2 rings (SSSR count). The molecule has 0 bridgehead atoms. The molecule has 0 amide bonds. The Morgan fingerprint density at radius 1 is 1.17 bits per heavy atom. The summed E-state index contributed by atoms with van der Waals surface area (Å²) in [6.45, 7) is 6.85. The monoisotopic (exact) mass is 246 g/mol. The SMILES string of the molecule is CC1CC(C)(C)CCC1(O)CCc1ccccc1. The summed E-state index contributed by atoms with van der Waals surface area (Å²) in [6, 6.07) is 10.5. The van der Waals surface area contributed by atoms with Crippen molar-refractivity contribution in [2.24, 2.45) is 11.3 Å². The predicted molar refractivity (Wildman–Crippen MR) is 76.5 cm³/mol. The van der Waals surface area contributed by atoms with Crippen LogP contribution in [-0.4, -0.2) is 10.7 Å². The fourth-order valence-electron chi connectivity index (χ4n) is 3.30. The van der Waals surface area contributed by atoms with Gasteiger partial charge in [-0.2, -0.15) is 0 Å². The maximum atomic E-state index is 10.8. The van der Waals surface area contributed by atoms with Gasteiger partial charge in [-0.05, 0) is 49.0 Å². The number of aryl methyl sites for hydroxylation is 1.